The van der Waals surface area contributed by atoms with Crippen LogP contribution in [-0.4, -0.2) is 41.1 Å². The van der Waals surface area contributed by atoms with Gasteiger partial charge >= 0.3 is 5.97 Å². The average Bonchev–Trinajstić information content (AvgIpc) is 2.51. The monoisotopic (exact) mass is 325 g/mol. The van der Waals surface area contributed by atoms with Crippen molar-refractivity contribution >= 4 is 23.5 Å². The Morgan fingerprint density at radius 1 is 1.36 bits per heavy atom. The molecule has 1 unspecified atom stereocenters. The van der Waals surface area contributed by atoms with E-state index < -0.39 is 5.97 Å². The van der Waals surface area contributed by atoms with Crippen molar-refractivity contribution < 1.29 is 19.4 Å². The number of likely N-dealkylation sites (tertiary alicyclic amines) is 1. The van der Waals surface area contributed by atoms with Gasteiger partial charge in [-0.05, 0) is 43.9 Å². The highest BCUT2D eigenvalue weighted by atomic mass is 35.5. The van der Waals surface area contributed by atoms with Gasteiger partial charge in [-0.3, -0.25) is 9.59 Å². The zero-order valence-corrected chi connectivity index (χ0v) is 13.1. The van der Waals surface area contributed by atoms with E-state index in [-0.39, 0.29) is 25.0 Å². The van der Waals surface area contributed by atoms with Gasteiger partial charge in [0.1, 0.15) is 5.75 Å². The number of halogens is 1. The number of rotatable bonds is 6. The molecule has 6 heteroatoms. The summed E-state index contributed by atoms with van der Waals surface area (Å²) in [6.45, 7) is 0.617. The molecule has 0 bridgehead atoms. The number of carboxylic acids is 1. The van der Waals surface area contributed by atoms with Gasteiger partial charge in [-0.1, -0.05) is 17.7 Å². The molecule has 1 N–H and O–H groups in total. The number of hydrogen-bond acceptors (Lipinski definition) is 3. The minimum Gasteiger partial charge on any atom is -0.484 e. The van der Waals surface area contributed by atoms with Gasteiger partial charge < -0.3 is 14.7 Å². The Bertz CT molecular complexity index is 535. The van der Waals surface area contributed by atoms with Crippen LogP contribution in [0.2, 0.25) is 5.02 Å². The summed E-state index contributed by atoms with van der Waals surface area (Å²) in [5.41, 5.74) is 0. The fourth-order valence-corrected chi connectivity index (χ4v) is 2.88. The fourth-order valence-electron chi connectivity index (χ4n) is 2.70. The number of carbonyl (C=O) groups excluding carboxylic acids is 1. The molecule has 1 amide bonds. The summed E-state index contributed by atoms with van der Waals surface area (Å²) >= 11 is 5.87. The zero-order chi connectivity index (χ0) is 15.9. The maximum absolute atomic E-state index is 12.3. The van der Waals surface area contributed by atoms with E-state index in [4.69, 9.17) is 21.4 Å². The van der Waals surface area contributed by atoms with E-state index >= 15 is 0 Å². The number of hydrogen-bond donors (Lipinski definition) is 1. The minimum absolute atomic E-state index is 0.000288. The fraction of sp³-hybridized carbons (Fsp3) is 0.500. The highest BCUT2D eigenvalue weighted by molar-refractivity contribution is 6.30. The number of nitrogens with zero attached hydrogens (tertiary/aromatic N) is 1. The van der Waals surface area contributed by atoms with Crippen LogP contribution in [0.5, 0.6) is 5.75 Å². The first-order valence-corrected chi connectivity index (χ1v) is 7.83. The van der Waals surface area contributed by atoms with Gasteiger partial charge in [0, 0.05) is 24.0 Å². The Hall–Kier alpha value is -1.75. The van der Waals surface area contributed by atoms with Gasteiger partial charge in [0.15, 0.2) is 6.61 Å². The second kappa shape index (κ2) is 8.03. The first-order valence-electron chi connectivity index (χ1n) is 7.46. The number of carboxylic acid groups (broad SMARTS) is 1. The van der Waals surface area contributed by atoms with Gasteiger partial charge in [0.25, 0.3) is 5.91 Å². The standard InChI is InChI=1S/C16H20ClNO4/c17-12-4-3-6-14(10-12)22-11-15(19)18-9-2-1-5-13(18)7-8-16(20)21/h3-4,6,10,13H,1-2,5,7-9,11H2,(H,20,21). The lowest BCUT2D eigenvalue weighted by Gasteiger charge is -2.35. The average molecular weight is 326 g/mol. The van der Waals surface area contributed by atoms with E-state index in [1.807, 2.05) is 0 Å². The second-order valence-corrected chi connectivity index (χ2v) is 5.85. The summed E-state index contributed by atoms with van der Waals surface area (Å²) in [5, 5.41) is 9.36. The molecular weight excluding hydrogens is 306 g/mol. The van der Waals surface area contributed by atoms with Crippen LogP contribution in [-0.2, 0) is 9.59 Å². The molecule has 1 aliphatic rings. The summed E-state index contributed by atoms with van der Waals surface area (Å²) in [6.07, 6.45) is 3.42. The molecule has 0 radical (unpaired) electrons. The quantitative estimate of drug-likeness (QED) is 0.873. The van der Waals surface area contributed by atoms with Crippen molar-refractivity contribution in [3.8, 4) is 5.75 Å². The van der Waals surface area contributed by atoms with E-state index in [1.165, 1.54) is 0 Å². The molecule has 0 spiro atoms. The Balaban J connectivity index is 1.89. The lowest BCUT2D eigenvalue weighted by atomic mass is 9.98. The van der Waals surface area contributed by atoms with Gasteiger partial charge in [0.05, 0.1) is 0 Å². The molecule has 5 nitrogen and oxygen atoms in total. The number of aliphatic carboxylic acids is 1. The predicted octanol–water partition coefficient (Wildman–Crippen LogP) is 2.96. The second-order valence-electron chi connectivity index (χ2n) is 5.42. The molecule has 1 atom stereocenters. The van der Waals surface area contributed by atoms with Gasteiger partial charge in [-0.25, -0.2) is 0 Å². The first kappa shape index (κ1) is 16.6. The molecule has 0 aromatic heterocycles. The van der Waals surface area contributed by atoms with E-state index in [0.29, 0.717) is 23.7 Å². The number of ether oxygens (including phenoxy) is 1. The van der Waals surface area contributed by atoms with Crippen LogP contribution in [0.1, 0.15) is 32.1 Å². The van der Waals surface area contributed by atoms with Crippen LogP contribution < -0.4 is 4.74 Å². The smallest absolute Gasteiger partial charge is 0.303 e. The highest BCUT2D eigenvalue weighted by Gasteiger charge is 2.27. The SMILES string of the molecule is O=C(O)CCC1CCCCN1C(=O)COc1cccc(Cl)c1. The van der Waals surface area contributed by atoms with Crippen LogP contribution in [0, 0.1) is 0 Å². The van der Waals surface area contributed by atoms with E-state index in [0.717, 1.165) is 19.3 Å². The maximum Gasteiger partial charge on any atom is 0.303 e. The predicted molar refractivity (Wildman–Crippen MR) is 83.2 cm³/mol. The summed E-state index contributed by atoms with van der Waals surface area (Å²) in [5.74, 6) is -0.372. The van der Waals surface area contributed by atoms with Gasteiger partial charge in [-0.15, -0.1) is 0 Å². The number of carbonyl (C=O) groups is 2. The van der Waals surface area contributed by atoms with Crippen molar-refractivity contribution in [2.24, 2.45) is 0 Å². The molecule has 0 saturated carbocycles. The summed E-state index contributed by atoms with van der Waals surface area (Å²) in [4.78, 5) is 24.8. The summed E-state index contributed by atoms with van der Waals surface area (Å²) < 4.78 is 5.48. The lowest BCUT2D eigenvalue weighted by molar-refractivity contribution is -0.141. The van der Waals surface area contributed by atoms with Crippen molar-refractivity contribution in [1.82, 2.24) is 4.90 Å². The van der Waals surface area contributed by atoms with Crippen molar-refractivity contribution in [1.29, 1.82) is 0 Å². The highest BCUT2D eigenvalue weighted by Crippen LogP contribution is 2.22. The normalized spacial score (nSPS) is 18.0. The number of benzene rings is 1. The lowest BCUT2D eigenvalue weighted by Crippen LogP contribution is -2.46. The Morgan fingerprint density at radius 3 is 2.91 bits per heavy atom. The zero-order valence-electron chi connectivity index (χ0n) is 12.3. The summed E-state index contributed by atoms with van der Waals surface area (Å²) in [6, 6.07) is 6.91. The molecule has 1 aliphatic heterocycles. The molecular formula is C16H20ClNO4. The third-order valence-corrected chi connectivity index (χ3v) is 4.03. The van der Waals surface area contributed by atoms with Crippen LogP contribution in [0.4, 0.5) is 0 Å². The number of piperidine rings is 1. The van der Waals surface area contributed by atoms with E-state index in [1.54, 1.807) is 29.2 Å². The molecule has 1 aromatic rings. The molecule has 2 rings (SSSR count). The molecule has 0 aliphatic carbocycles. The van der Waals surface area contributed by atoms with Crippen molar-refractivity contribution in [2.45, 2.75) is 38.1 Å². The van der Waals surface area contributed by atoms with Crippen LogP contribution in [0.3, 0.4) is 0 Å². The maximum atomic E-state index is 12.3. The minimum atomic E-state index is -0.826. The molecule has 1 saturated heterocycles. The third-order valence-electron chi connectivity index (χ3n) is 3.80. The van der Waals surface area contributed by atoms with Crippen LogP contribution in [0.25, 0.3) is 0 Å². The Morgan fingerprint density at radius 2 is 2.18 bits per heavy atom. The Kier molecular flexibility index (Phi) is 6.07. The van der Waals surface area contributed by atoms with E-state index in [9.17, 15) is 9.59 Å². The van der Waals surface area contributed by atoms with Crippen molar-refractivity contribution in [3.63, 3.8) is 0 Å². The molecule has 1 fully saturated rings. The van der Waals surface area contributed by atoms with Gasteiger partial charge in [0.2, 0.25) is 0 Å². The largest absolute Gasteiger partial charge is 0.484 e. The molecule has 22 heavy (non-hydrogen) atoms. The summed E-state index contributed by atoms with van der Waals surface area (Å²) in [7, 11) is 0. The third kappa shape index (κ3) is 4.91. The van der Waals surface area contributed by atoms with E-state index in [2.05, 4.69) is 0 Å². The Labute approximate surface area is 134 Å². The van der Waals surface area contributed by atoms with Crippen LogP contribution >= 0.6 is 11.6 Å². The molecule has 120 valence electrons. The molecule has 1 heterocycles. The molecule has 1 aromatic carbocycles. The van der Waals surface area contributed by atoms with Crippen molar-refractivity contribution in [2.75, 3.05) is 13.2 Å². The van der Waals surface area contributed by atoms with Crippen molar-refractivity contribution in [3.05, 3.63) is 29.3 Å². The van der Waals surface area contributed by atoms with Crippen LogP contribution in [0.15, 0.2) is 24.3 Å². The van der Waals surface area contributed by atoms with Gasteiger partial charge in [-0.2, -0.15) is 0 Å². The first-order chi connectivity index (χ1) is 10.6. The number of amides is 1. The topological polar surface area (TPSA) is 66.8 Å².